The van der Waals surface area contributed by atoms with Crippen LogP contribution in [0.2, 0.25) is 0 Å². The molecule has 0 spiro atoms. The topological polar surface area (TPSA) is 30.3 Å². The highest BCUT2D eigenvalue weighted by atomic mass is 19.1. The number of rotatable bonds is 10. The van der Waals surface area contributed by atoms with Gasteiger partial charge in [-0.1, -0.05) is 158 Å². The summed E-state index contributed by atoms with van der Waals surface area (Å²) >= 11 is 0. The largest absolute Gasteiger partial charge is 0.310 e. The van der Waals surface area contributed by atoms with Gasteiger partial charge in [0.15, 0.2) is 0 Å². The third-order valence-electron chi connectivity index (χ3n) is 15.4. The van der Waals surface area contributed by atoms with Gasteiger partial charge in [-0.2, -0.15) is 5.26 Å². The molecule has 0 amide bonds. The number of fused-ring (bicyclic) bond motifs is 5. The van der Waals surface area contributed by atoms with Gasteiger partial charge in [-0.15, -0.1) is 0 Å². The first kappa shape index (κ1) is 57.1. The standard InChI is InChI=1S/C70H44F4N2.C6H5F.C4H5N/c71-55-21-29-59(30-22-55)75(60-31-23-56(72)24-32-60)63-37-39-65-67(43-63)68-44-64(76(61-33-25-57(73)26-34-61)62-35-27-58(74)28-36-62)38-40-66(68)70(50-17-11-48(12-18-50)54-20-14-46-6-2-4-8-52(46)42-54)69(65)49-15-9-47(10-16-49)53-19-13-45-5-1-3-7-51(45)41-53;7-6-4-2-1-3-5-6;1-4(2)3-5/h1-44H;1-5H;1H2,2H3. The Morgan fingerprint density at radius 1 is 0.284 bits per heavy atom. The van der Waals surface area contributed by atoms with Crippen molar-refractivity contribution in [1.82, 2.24) is 0 Å². The van der Waals surface area contributed by atoms with Crippen LogP contribution in [0.1, 0.15) is 6.92 Å². The minimum atomic E-state index is -0.374. The summed E-state index contributed by atoms with van der Waals surface area (Å²) in [5.74, 6) is -1.68. The summed E-state index contributed by atoms with van der Waals surface area (Å²) in [5.41, 5.74) is 13.3. The number of hydrogen-bond donors (Lipinski definition) is 0. The minimum absolute atomic E-state index is 0.178. The van der Waals surface area contributed by atoms with Crippen LogP contribution >= 0.6 is 0 Å². The van der Waals surface area contributed by atoms with Gasteiger partial charge in [0.25, 0.3) is 0 Å². The van der Waals surface area contributed by atoms with E-state index >= 15 is 0 Å². The molecule has 0 fully saturated rings. The van der Waals surface area contributed by atoms with Gasteiger partial charge in [-0.25, -0.2) is 22.0 Å². The lowest BCUT2D eigenvalue weighted by Gasteiger charge is -2.28. The fraction of sp³-hybridized carbons (Fsp3) is 0.0125. The van der Waals surface area contributed by atoms with Gasteiger partial charge in [-0.05, 0) is 240 Å². The normalized spacial score (nSPS) is 10.9. The predicted octanol–water partition coefficient (Wildman–Crippen LogP) is 23.4. The van der Waals surface area contributed by atoms with Gasteiger partial charge < -0.3 is 9.80 Å². The van der Waals surface area contributed by atoms with Crippen molar-refractivity contribution in [3.63, 3.8) is 0 Å². The molecule has 0 saturated carbocycles. The van der Waals surface area contributed by atoms with E-state index in [2.05, 4.69) is 176 Å². The number of benzene rings is 14. The number of nitriles is 1. The Morgan fingerprint density at radius 2 is 0.557 bits per heavy atom. The Labute approximate surface area is 507 Å². The zero-order chi connectivity index (χ0) is 60.7. The van der Waals surface area contributed by atoms with Crippen molar-refractivity contribution < 1.29 is 22.0 Å². The zero-order valence-corrected chi connectivity index (χ0v) is 47.7. The van der Waals surface area contributed by atoms with Crippen molar-refractivity contribution in [2.45, 2.75) is 6.92 Å². The summed E-state index contributed by atoms with van der Waals surface area (Å²) < 4.78 is 70.3. The van der Waals surface area contributed by atoms with Crippen LogP contribution in [-0.2, 0) is 0 Å². The Kier molecular flexibility index (Phi) is 16.5. The van der Waals surface area contributed by atoms with Crippen molar-refractivity contribution >= 4 is 77.2 Å². The predicted molar refractivity (Wildman–Crippen MR) is 354 cm³/mol. The van der Waals surface area contributed by atoms with Crippen LogP contribution in [0, 0.1) is 40.4 Å². The van der Waals surface area contributed by atoms with Crippen LogP contribution in [-0.4, -0.2) is 0 Å². The molecule has 14 aromatic carbocycles. The van der Waals surface area contributed by atoms with Crippen molar-refractivity contribution in [3.8, 4) is 50.6 Å². The molecule has 0 aliphatic heterocycles. The summed E-state index contributed by atoms with van der Waals surface area (Å²) in [4.78, 5) is 3.99. The summed E-state index contributed by atoms with van der Waals surface area (Å²) in [7, 11) is 0. The molecule has 0 aliphatic rings. The van der Waals surface area contributed by atoms with Crippen LogP contribution in [0.25, 0.3) is 87.6 Å². The minimum Gasteiger partial charge on any atom is -0.310 e. The maximum Gasteiger partial charge on any atom is 0.123 e. The second-order valence-electron chi connectivity index (χ2n) is 21.3. The van der Waals surface area contributed by atoms with Gasteiger partial charge in [-0.3, -0.25) is 0 Å². The van der Waals surface area contributed by atoms with E-state index in [0.29, 0.717) is 28.3 Å². The molecule has 8 heteroatoms. The Balaban J connectivity index is 0.000000569. The zero-order valence-electron chi connectivity index (χ0n) is 47.7. The molecule has 0 N–H and O–H groups in total. The van der Waals surface area contributed by atoms with Crippen LogP contribution in [0.4, 0.5) is 56.1 Å². The van der Waals surface area contributed by atoms with E-state index in [1.54, 1.807) is 73.7 Å². The van der Waals surface area contributed by atoms with E-state index in [1.807, 2.05) is 15.9 Å². The number of hydrogen-bond acceptors (Lipinski definition) is 3. The Hall–Kier alpha value is -11.4. The van der Waals surface area contributed by atoms with Crippen molar-refractivity contribution in [1.29, 1.82) is 5.26 Å². The highest BCUT2D eigenvalue weighted by Crippen LogP contribution is 2.49. The maximum absolute atomic E-state index is 14.6. The summed E-state index contributed by atoms with van der Waals surface area (Å²) in [6.45, 7) is 4.98. The second kappa shape index (κ2) is 25.4. The molecular weight excluding hydrogens is 1100 g/mol. The molecule has 88 heavy (non-hydrogen) atoms. The fourth-order valence-electron chi connectivity index (χ4n) is 11.2. The molecule has 0 heterocycles. The van der Waals surface area contributed by atoms with Crippen LogP contribution < -0.4 is 9.80 Å². The molecule has 0 unspecified atom stereocenters. The summed E-state index contributed by atoms with van der Waals surface area (Å²) in [6, 6.07) is 95.0. The molecule has 3 nitrogen and oxygen atoms in total. The van der Waals surface area contributed by atoms with Crippen molar-refractivity contribution in [2.24, 2.45) is 0 Å². The smallest absolute Gasteiger partial charge is 0.123 e. The van der Waals surface area contributed by atoms with Crippen molar-refractivity contribution in [2.75, 3.05) is 9.80 Å². The van der Waals surface area contributed by atoms with Crippen LogP contribution in [0.5, 0.6) is 0 Å². The van der Waals surface area contributed by atoms with Crippen LogP contribution in [0.3, 0.4) is 0 Å². The Morgan fingerprint density at radius 3 is 0.864 bits per heavy atom. The van der Waals surface area contributed by atoms with E-state index in [9.17, 15) is 22.0 Å². The molecule has 14 rings (SSSR count). The first-order chi connectivity index (χ1) is 42.9. The van der Waals surface area contributed by atoms with E-state index in [0.717, 1.165) is 77.4 Å². The van der Waals surface area contributed by atoms with Gasteiger partial charge in [0.2, 0.25) is 0 Å². The highest BCUT2D eigenvalue weighted by molar-refractivity contribution is 6.23. The molecule has 0 atom stereocenters. The number of anilines is 6. The Bertz CT molecular complexity index is 4480. The number of nitrogens with zero attached hydrogens (tertiary/aromatic N) is 3. The molecule has 0 aromatic heterocycles. The van der Waals surface area contributed by atoms with Crippen molar-refractivity contribution in [3.05, 3.63) is 338 Å². The fourth-order valence-corrected chi connectivity index (χ4v) is 11.2. The average molecular weight is 1150 g/mol. The number of halogens is 5. The molecule has 0 bridgehead atoms. The van der Waals surface area contributed by atoms with Gasteiger partial charge in [0, 0.05) is 39.7 Å². The van der Waals surface area contributed by atoms with E-state index in [1.165, 1.54) is 82.2 Å². The number of allylic oxidation sites excluding steroid dienone is 1. The summed E-state index contributed by atoms with van der Waals surface area (Å²) in [5, 5.41) is 16.2. The van der Waals surface area contributed by atoms with Gasteiger partial charge >= 0.3 is 0 Å². The monoisotopic (exact) mass is 1150 g/mol. The SMILES string of the molecule is C=C(C)C#N.Fc1ccc(N(c2ccc(F)cc2)c2ccc3c(-c4ccc(-c5ccc6ccccc6c5)cc4)c(-c4ccc(-c5ccc6ccccc6c5)cc4)c4ccc(N(c5ccc(F)cc5)c5ccc(F)cc5)cc4c3c2)cc1.Fc1ccccc1. The quantitative estimate of drug-likeness (QED) is 0.0777. The van der Waals surface area contributed by atoms with E-state index in [4.69, 9.17) is 5.26 Å². The molecule has 0 radical (unpaired) electrons. The van der Waals surface area contributed by atoms with Gasteiger partial charge in [0.05, 0.1) is 6.07 Å². The third kappa shape index (κ3) is 12.4. The molecule has 424 valence electrons. The molecule has 0 saturated heterocycles. The maximum atomic E-state index is 14.6. The lowest BCUT2D eigenvalue weighted by molar-refractivity contribution is 0.627. The first-order valence-corrected chi connectivity index (χ1v) is 28.6. The first-order valence-electron chi connectivity index (χ1n) is 28.6. The van der Waals surface area contributed by atoms with Gasteiger partial charge in [0.1, 0.15) is 29.1 Å². The molecule has 14 aromatic rings. The van der Waals surface area contributed by atoms with E-state index < -0.39 is 0 Å². The van der Waals surface area contributed by atoms with Crippen LogP contribution in [0.15, 0.2) is 309 Å². The molecular formula is C80H54F5N3. The summed E-state index contributed by atoms with van der Waals surface area (Å²) in [6.07, 6.45) is 0. The highest BCUT2D eigenvalue weighted by Gasteiger charge is 2.23. The molecule has 0 aliphatic carbocycles. The van der Waals surface area contributed by atoms with E-state index in [-0.39, 0.29) is 29.1 Å². The lowest BCUT2D eigenvalue weighted by Crippen LogP contribution is -2.10. The third-order valence-corrected chi connectivity index (χ3v) is 15.4. The average Bonchev–Trinajstić information content (AvgIpc) is 0.836. The second-order valence-corrected chi connectivity index (χ2v) is 21.3. The lowest BCUT2D eigenvalue weighted by atomic mass is 9.84.